The lowest BCUT2D eigenvalue weighted by Gasteiger charge is -2.29. The molecule has 7 heteroatoms. The molecule has 23 heavy (non-hydrogen) atoms. The Hall–Kier alpha value is -2.57. The summed E-state index contributed by atoms with van der Waals surface area (Å²) in [6.45, 7) is 0. The Labute approximate surface area is 133 Å². The second-order valence-corrected chi connectivity index (χ2v) is 5.93. The van der Waals surface area contributed by atoms with Gasteiger partial charge in [0.05, 0.1) is 12.0 Å². The molecule has 0 saturated heterocycles. The number of aromatic nitrogens is 1. The van der Waals surface area contributed by atoms with Gasteiger partial charge in [-0.05, 0) is 36.8 Å². The van der Waals surface area contributed by atoms with Crippen molar-refractivity contribution in [1.29, 1.82) is 0 Å². The van der Waals surface area contributed by atoms with Gasteiger partial charge in [0.1, 0.15) is 0 Å². The van der Waals surface area contributed by atoms with Crippen LogP contribution in [0, 0.1) is 10.1 Å². The van der Waals surface area contributed by atoms with Gasteiger partial charge in [-0.3, -0.25) is 10.1 Å². The van der Waals surface area contributed by atoms with Crippen LogP contribution in [0.1, 0.15) is 37.2 Å². The molecule has 0 spiro atoms. The summed E-state index contributed by atoms with van der Waals surface area (Å²) in [6.07, 6.45) is 5.26. The zero-order valence-electron chi connectivity index (χ0n) is 12.9. The maximum Gasteiger partial charge on any atom is 0.407 e. The average molecular weight is 317 g/mol. The van der Waals surface area contributed by atoms with Crippen molar-refractivity contribution in [1.82, 2.24) is 10.3 Å². The van der Waals surface area contributed by atoms with Crippen LogP contribution in [0.4, 0.5) is 10.5 Å². The van der Waals surface area contributed by atoms with Crippen molar-refractivity contribution in [2.24, 2.45) is 0 Å². The normalized spacial score (nSPS) is 21.1. The number of benzene rings is 1. The Bertz CT molecular complexity index is 740. The Morgan fingerprint density at radius 1 is 1.43 bits per heavy atom. The topological polar surface area (TPSA) is 97.3 Å². The van der Waals surface area contributed by atoms with Crippen molar-refractivity contribution >= 4 is 22.7 Å². The number of nitro benzene ring substituents is 1. The number of fused-ring (bicyclic) bond motifs is 1. The number of rotatable bonds is 3. The van der Waals surface area contributed by atoms with E-state index in [4.69, 9.17) is 0 Å². The highest BCUT2D eigenvalue weighted by Crippen LogP contribution is 2.37. The van der Waals surface area contributed by atoms with E-state index in [1.807, 2.05) is 6.20 Å². The number of hydrogen-bond acceptors (Lipinski definition) is 4. The molecule has 2 aromatic rings. The summed E-state index contributed by atoms with van der Waals surface area (Å²) in [5.74, 6) is 0.265. The molecule has 1 heterocycles. The van der Waals surface area contributed by atoms with E-state index in [1.54, 1.807) is 12.1 Å². The molecule has 1 amide bonds. The Kier molecular flexibility index (Phi) is 4.18. The van der Waals surface area contributed by atoms with Crippen molar-refractivity contribution in [3.63, 3.8) is 0 Å². The molecule has 1 saturated carbocycles. The predicted octanol–water partition coefficient (Wildman–Crippen LogP) is 3.46. The number of alkyl carbamates (subject to hydrolysis) is 1. The Morgan fingerprint density at radius 2 is 2.26 bits per heavy atom. The van der Waals surface area contributed by atoms with E-state index in [-0.39, 0.29) is 22.6 Å². The van der Waals surface area contributed by atoms with Crippen LogP contribution in [0.3, 0.4) is 0 Å². The number of non-ortho nitro benzene ring substituents is 1. The van der Waals surface area contributed by atoms with Crippen molar-refractivity contribution in [2.75, 3.05) is 7.11 Å². The SMILES string of the molecule is COC(=O)NC1CCCC(c2c[nH]c3ccc([N+](=O)[O-])cc23)C1. The number of methoxy groups -OCH3 is 1. The van der Waals surface area contributed by atoms with Crippen LogP contribution < -0.4 is 5.32 Å². The number of carbonyl (C=O) groups excluding carboxylic acids is 1. The first-order valence-corrected chi connectivity index (χ1v) is 7.68. The van der Waals surface area contributed by atoms with E-state index in [0.29, 0.717) is 0 Å². The maximum absolute atomic E-state index is 11.4. The molecule has 1 aromatic heterocycles. The van der Waals surface area contributed by atoms with Gasteiger partial charge in [0.2, 0.25) is 0 Å². The minimum absolute atomic E-state index is 0.0739. The van der Waals surface area contributed by atoms with E-state index >= 15 is 0 Å². The molecule has 1 fully saturated rings. The number of amides is 1. The molecule has 0 aliphatic heterocycles. The fourth-order valence-corrected chi connectivity index (χ4v) is 3.41. The van der Waals surface area contributed by atoms with E-state index in [1.165, 1.54) is 13.2 Å². The third kappa shape index (κ3) is 3.13. The molecule has 3 rings (SSSR count). The number of hydrogen-bond donors (Lipinski definition) is 2. The lowest BCUT2D eigenvalue weighted by Crippen LogP contribution is -2.37. The zero-order chi connectivity index (χ0) is 16.4. The molecular weight excluding hydrogens is 298 g/mol. The van der Waals surface area contributed by atoms with E-state index in [0.717, 1.165) is 42.1 Å². The highest BCUT2D eigenvalue weighted by Gasteiger charge is 2.26. The largest absolute Gasteiger partial charge is 0.453 e. The molecule has 2 unspecified atom stereocenters. The second-order valence-electron chi connectivity index (χ2n) is 5.93. The summed E-state index contributed by atoms with van der Waals surface area (Å²) in [5.41, 5.74) is 2.08. The molecule has 1 aliphatic rings. The molecule has 7 nitrogen and oxygen atoms in total. The lowest BCUT2D eigenvalue weighted by molar-refractivity contribution is -0.384. The second kappa shape index (κ2) is 6.28. The Balaban J connectivity index is 1.85. The maximum atomic E-state index is 11.4. The fraction of sp³-hybridized carbons (Fsp3) is 0.438. The highest BCUT2D eigenvalue weighted by atomic mass is 16.6. The quantitative estimate of drug-likeness (QED) is 0.669. The Morgan fingerprint density at radius 3 is 3.00 bits per heavy atom. The molecule has 1 aliphatic carbocycles. The third-order valence-corrected chi connectivity index (χ3v) is 4.53. The van der Waals surface area contributed by atoms with E-state index in [2.05, 4.69) is 15.0 Å². The number of aromatic amines is 1. The number of H-pyrrole nitrogens is 1. The molecular formula is C16H19N3O4. The minimum Gasteiger partial charge on any atom is -0.453 e. The van der Waals surface area contributed by atoms with Gasteiger partial charge in [0, 0.05) is 35.3 Å². The fourth-order valence-electron chi connectivity index (χ4n) is 3.41. The zero-order valence-corrected chi connectivity index (χ0v) is 12.9. The van der Waals surface area contributed by atoms with Gasteiger partial charge in [-0.25, -0.2) is 4.79 Å². The van der Waals surface area contributed by atoms with Crippen LogP contribution in [0.5, 0.6) is 0 Å². The molecule has 2 atom stereocenters. The number of nitrogens with zero attached hydrogens (tertiary/aromatic N) is 1. The van der Waals surface area contributed by atoms with Crippen LogP contribution in [-0.2, 0) is 4.74 Å². The van der Waals surface area contributed by atoms with Gasteiger partial charge in [-0.15, -0.1) is 0 Å². The summed E-state index contributed by atoms with van der Waals surface area (Å²) >= 11 is 0. The number of carbonyl (C=O) groups is 1. The highest BCUT2D eigenvalue weighted by molar-refractivity contribution is 5.86. The van der Waals surface area contributed by atoms with Gasteiger partial charge in [-0.1, -0.05) is 6.42 Å². The lowest BCUT2D eigenvalue weighted by atomic mass is 9.81. The van der Waals surface area contributed by atoms with E-state index in [9.17, 15) is 14.9 Å². The third-order valence-electron chi connectivity index (χ3n) is 4.53. The van der Waals surface area contributed by atoms with Crippen molar-refractivity contribution in [2.45, 2.75) is 37.6 Å². The smallest absolute Gasteiger partial charge is 0.407 e. The first-order valence-electron chi connectivity index (χ1n) is 7.68. The summed E-state index contributed by atoms with van der Waals surface area (Å²) < 4.78 is 4.66. The van der Waals surface area contributed by atoms with Crippen LogP contribution in [0.15, 0.2) is 24.4 Å². The van der Waals surface area contributed by atoms with Crippen LogP contribution in [-0.4, -0.2) is 29.2 Å². The van der Waals surface area contributed by atoms with Crippen LogP contribution in [0.25, 0.3) is 10.9 Å². The van der Waals surface area contributed by atoms with Gasteiger partial charge < -0.3 is 15.0 Å². The van der Waals surface area contributed by atoms with Gasteiger partial charge in [0.15, 0.2) is 0 Å². The van der Waals surface area contributed by atoms with Crippen molar-refractivity contribution in [3.05, 3.63) is 40.1 Å². The standard InChI is InChI=1S/C16H19N3O4/c1-23-16(20)18-11-4-2-3-10(7-11)14-9-17-15-6-5-12(19(21)22)8-13(14)15/h5-6,8-11,17H,2-4,7H2,1H3,(H,18,20). The summed E-state index contributed by atoms with van der Waals surface area (Å²) in [5, 5.41) is 14.7. The molecule has 1 aromatic carbocycles. The first-order chi connectivity index (χ1) is 11.1. The van der Waals surface area contributed by atoms with Gasteiger partial charge in [-0.2, -0.15) is 0 Å². The van der Waals surface area contributed by atoms with Crippen LogP contribution in [0.2, 0.25) is 0 Å². The van der Waals surface area contributed by atoms with E-state index < -0.39 is 6.09 Å². The number of nitro groups is 1. The van der Waals surface area contributed by atoms with Gasteiger partial charge in [0.25, 0.3) is 5.69 Å². The van der Waals surface area contributed by atoms with Crippen molar-refractivity contribution < 1.29 is 14.5 Å². The number of nitrogens with one attached hydrogen (secondary N) is 2. The van der Waals surface area contributed by atoms with Gasteiger partial charge >= 0.3 is 6.09 Å². The first kappa shape index (κ1) is 15.3. The minimum atomic E-state index is -0.412. The molecule has 122 valence electrons. The van der Waals surface area contributed by atoms with Crippen LogP contribution >= 0.6 is 0 Å². The van der Waals surface area contributed by atoms with Crippen molar-refractivity contribution in [3.8, 4) is 0 Å². The summed E-state index contributed by atoms with van der Waals surface area (Å²) in [7, 11) is 1.36. The predicted molar refractivity (Wildman–Crippen MR) is 85.5 cm³/mol. The summed E-state index contributed by atoms with van der Waals surface area (Å²) in [4.78, 5) is 25.2. The summed E-state index contributed by atoms with van der Waals surface area (Å²) in [6, 6.07) is 4.94. The molecule has 0 radical (unpaired) electrons. The molecule has 2 N–H and O–H groups in total. The molecule has 0 bridgehead atoms. The number of ether oxygens (including phenoxy) is 1. The average Bonchev–Trinajstić information content (AvgIpc) is 2.98. The monoisotopic (exact) mass is 317 g/mol.